The van der Waals surface area contributed by atoms with Gasteiger partial charge >= 0.3 is 0 Å². The van der Waals surface area contributed by atoms with E-state index in [9.17, 15) is 23.3 Å². The summed E-state index contributed by atoms with van der Waals surface area (Å²) in [5.41, 5.74) is -0.132. The maximum atomic E-state index is 12.9. The first-order valence-corrected chi connectivity index (χ1v) is 3.94. The molecule has 0 aliphatic rings. The molecule has 0 bridgehead atoms. The highest BCUT2D eigenvalue weighted by atomic mass is 19.2. The second kappa shape index (κ2) is 4.59. The van der Waals surface area contributed by atoms with Gasteiger partial charge in [-0.2, -0.15) is 0 Å². The van der Waals surface area contributed by atoms with Crippen LogP contribution >= 0.6 is 0 Å². The molecule has 3 nitrogen and oxygen atoms in total. The molecular formula is C9H6F3NO2. The molecule has 0 aliphatic heterocycles. The number of nitrogens with zero attached hydrogens (tertiary/aromatic N) is 1. The Morgan fingerprint density at radius 2 is 1.80 bits per heavy atom. The fraction of sp³-hybridized carbons (Fsp3) is 0.111. The number of benzene rings is 1. The van der Waals surface area contributed by atoms with Crippen LogP contribution in [-0.4, -0.2) is 4.92 Å². The summed E-state index contributed by atoms with van der Waals surface area (Å²) in [4.78, 5) is 9.16. The first kappa shape index (κ1) is 11.2. The minimum absolute atomic E-state index is 0.132. The zero-order valence-electron chi connectivity index (χ0n) is 7.41. The third-order valence-electron chi connectivity index (χ3n) is 1.65. The van der Waals surface area contributed by atoms with Crippen LogP contribution in [0.2, 0.25) is 0 Å². The lowest BCUT2D eigenvalue weighted by molar-refractivity contribution is -0.402. The van der Waals surface area contributed by atoms with Gasteiger partial charge in [0.25, 0.3) is 0 Å². The molecule has 6 heteroatoms. The highest BCUT2D eigenvalue weighted by molar-refractivity contribution is 5.22. The fourth-order valence-electron chi connectivity index (χ4n) is 0.986. The van der Waals surface area contributed by atoms with Crippen molar-refractivity contribution in [2.75, 3.05) is 0 Å². The molecule has 0 atom stereocenters. The normalized spacial score (nSPS) is 10.9. The van der Waals surface area contributed by atoms with E-state index in [0.29, 0.717) is 18.3 Å². The Hall–Kier alpha value is -1.85. The van der Waals surface area contributed by atoms with Gasteiger partial charge in [-0.1, -0.05) is 0 Å². The van der Waals surface area contributed by atoms with Crippen molar-refractivity contribution in [3.63, 3.8) is 0 Å². The van der Waals surface area contributed by atoms with E-state index in [1.54, 1.807) is 0 Å². The molecule has 0 amide bonds. The second-order valence-electron chi connectivity index (χ2n) is 2.73. The quantitative estimate of drug-likeness (QED) is 0.443. The molecule has 0 saturated carbocycles. The summed E-state index contributed by atoms with van der Waals surface area (Å²) in [7, 11) is 0. The molecule has 80 valence electrons. The van der Waals surface area contributed by atoms with Crippen LogP contribution in [0.5, 0.6) is 0 Å². The van der Waals surface area contributed by atoms with E-state index in [1.807, 2.05) is 0 Å². The molecule has 0 radical (unpaired) electrons. The zero-order chi connectivity index (χ0) is 11.4. The molecule has 1 aromatic carbocycles. The summed E-state index contributed by atoms with van der Waals surface area (Å²) >= 11 is 0. The van der Waals surface area contributed by atoms with Gasteiger partial charge in [-0.3, -0.25) is 10.1 Å². The van der Waals surface area contributed by atoms with Crippen LogP contribution in [0.25, 0.3) is 0 Å². The lowest BCUT2D eigenvalue weighted by atomic mass is 10.1. The van der Waals surface area contributed by atoms with Crippen LogP contribution < -0.4 is 0 Å². The second-order valence-corrected chi connectivity index (χ2v) is 2.73. The van der Waals surface area contributed by atoms with E-state index in [4.69, 9.17) is 0 Å². The van der Waals surface area contributed by atoms with E-state index in [1.165, 1.54) is 0 Å². The maximum Gasteiger partial charge on any atom is 0.230 e. The molecule has 0 N–H and O–H groups in total. The third-order valence-corrected chi connectivity index (χ3v) is 1.65. The van der Waals surface area contributed by atoms with Crippen molar-refractivity contribution < 1.29 is 18.1 Å². The first-order chi connectivity index (χ1) is 7.00. The molecule has 0 aliphatic carbocycles. The van der Waals surface area contributed by atoms with Gasteiger partial charge in [0.15, 0.2) is 11.6 Å². The lowest BCUT2D eigenvalue weighted by Gasteiger charge is -1.99. The monoisotopic (exact) mass is 217 g/mol. The van der Waals surface area contributed by atoms with Gasteiger partial charge < -0.3 is 0 Å². The number of rotatable bonds is 3. The molecule has 15 heavy (non-hydrogen) atoms. The van der Waals surface area contributed by atoms with Gasteiger partial charge in [0.1, 0.15) is 5.82 Å². The Kier molecular flexibility index (Phi) is 3.43. The molecule has 0 aromatic heterocycles. The minimum atomic E-state index is -1.28. The van der Waals surface area contributed by atoms with E-state index >= 15 is 0 Å². The lowest BCUT2D eigenvalue weighted by Crippen LogP contribution is -1.94. The van der Waals surface area contributed by atoms with Crippen LogP contribution in [0.15, 0.2) is 24.4 Å². The largest absolute Gasteiger partial charge is 0.259 e. The topological polar surface area (TPSA) is 43.1 Å². The van der Waals surface area contributed by atoms with E-state index in [2.05, 4.69) is 0 Å². The van der Waals surface area contributed by atoms with E-state index in [-0.39, 0.29) is 12.0 Å². The molecule has 0 fully saturated rings. The van der Waals surface area contributed by atoms with Gasteiger partial charge in [-0.05, 0) is 24.1 Å². The predicted molar refractivity (Wildman–Crippen MR) is 46.2 cm³/mol. The van der Waals surface area contributed by atoms with E-state index < -0.39 is 22.4 Å². The molecule has 1 aromatic rings. The summed E-state index contributed by atoms with van der Waals surface area (Å²) in [6, 6.07) is 1.08. The standard InChI is InChI=1S/C9H6F3NO2/c10-7-5-9(12)8(11)4-6(7)2-1-3-13(14)15/h1,3-5H,2H2/b3-1+. The van der Waals surface area contributed by atoms with Crippen LogP contribution in [0, 0.1) is 27.6 Å². The van der Waals surface area contributed by atoms with Crippen molar-refractivity contribution in [2.24, 2.45) is 0 Å². The van der Waals surface area contributed by atoms with Gasteiger partial charge in [0, 0.05) is 6.07 Å². The molecule has 1 rings (SSSR count). The van der Waals surface area contributed by atoms with Crippen LogP contribution in [0.3, 0.4) is 0 Å². The Morgan fingerprint density at radius 3 is 2.40 bits per heavy atom. The van der Waals surface area contributed by atoms with Gasteiger partial charge in [-0.15, -0.1) is 0 Å². The van der Waals surface area contributed by atoms with Crippen LogP contribution in [0.4, 0.5) is 13.2 Å². The van der Waals surface area contributed by atoms with Crippen molar-refractivity contribution in [1.82, 2.24) is 0 Å². The predicted octanol–water partition coefficient (Wildman–Crippen LogP) is 2.44. The first-order valence-electron chi connectivity index (χ1n) is 3.94. The molecule has 0 heterocycles. The minimum Gasteiger partial charge on any atom is -0.259 e. The van der Waals surface area contributed by atoms with Gasteiger partial charge in [0.2, 0.25) is 6.20 Å². The van der Waals surface area contributed by atoms with Crippen LogP contribution in [-0.2, 0) is 6.42 Å². The summed E-state index contributed by atoms with van der Waals surface area (Å²) in [5, 5.41) is 9.89. The summed E-state index contributed by atoms with van der Waals surface area (Å²) < 4.78 is 38.1. The number of hydrogen-bond donors (Lipinski definition) is 0. The zero-order valence-corrected chi connectivity index (χ0v) is 7.41. The SMILES string of the molecule is O=[N+]([O-])/C=C/Cc1cc(F)c(F)cc1F. The highest BCUT2D eigenvalue weighted by Gasteiger charge is 2.08. The Bertz CT molecular complexity index is 418. The molecule has 0 unspecified atom stereocenters. The number of halogens is 3. The average molecular weight is 217 g/mol. The highest BCUT2D eigenvalue weighted by Crippen LogP contribution is 2.14. The summed E-state index contributed by atoms with van der Waals surface area (Å²) in [5.74, 6) is -3.39. The fourth-order valence-corrected chi connectivity index (χ4v) is 0.986. The van der Waals surface area contributed by atoms with Crippen molar-refractivity contribution in [3.05, 3.63) is 57.5 Å². The summed E-state index contributed by atoms with van der Waals surface area (Å²) in [6.45, 7) is 0. The van der Waals surface area contributed by atoms with E-state index in [0.717, 1.165) is 6.08 Å². The summed E-state index contributed by atoms with van der Waals surface area (Å²) in [6.07, 6.45) is 1.50. The molecule has 0 spiro atoms. The Balaban J connectivity index is 2.86. The average Bonchev–Trinajstić information content (AvgIpc) is 2.13. The number of hydrogen-bond acceptors (Lipinski definition) is 2. The van der Waals surface area contributed by atoms with Gasteiger partial charge in [0.05, 0.1) is 4.92 Å². The maximum absolute atomic E-state index is 12.9. The van der Waals surface area contributed by atoms with Crippen molar-refractivity contribution in [3.8, 4) is 0 Å². The van der Waals surface area contributed by atoms with Crippen LogP contribution in [0.1, 0.15) is 5.56 Å². The van der Waals surface area contributed by atoms with Crippen molar-refractivity contribution >= 4 is 0 Å². The third kappa shape index (κ3) is 3.08. The molecular weight excluding hydrogens is 211 g/mol. The molecule has 0 saturated heterocycles. The van der Waals surface area contributed by atoms with Crippen molar-refractivity contribution in [1.29, 1.82) is 0 Å². The Morgan fingerprint density at radius 1 is 1.20 bits per heavy atom. The van der Waals surface area contributed by atoms with Gasteiger partial charge in [-0.25, -0.2) is 13.2 Å². The Labute approximate surface area is 83.0 Å². The number of nitro groups is 1. The smallest absolute Gasteiger partial charge is 0.230 e. The van der Waals surface area contributed by atoms with Crippen molar-refractivity contribution in [2.45, 2.75) is 6.42 Å². The number of allylic oxidation sites excluding steroid dienone is 1.